The Kier molecular flexibility index (Phi) is 6.77. The molecule has 0 aliphatic heterocycles. The van der Waals surface area contributed by atoms with E-state index in [0.29, 0.717) is 17.0 Å². The van der Waals surface area contributed by atoms with Gasteiger partial charge in [-0.1, -0.05) is 31.4 Å². The molecular weight excluding hydrogens is 446 g/mol. The van der Waals surface area contributed by atoms with Gasteiger partial charge in [0.1, 0.15) is 24.3 Å². The molecule has 1 N–H and O–H groups in total. The van der Waals surface area contributed by atoms with E-state index < -0.39 is 29.4 Å². The Hall–Kier alpha value is -2.83. The monoisotopic (exact) mass is 472 g/mol. The Bertz CT molecular complexity index is 1290. The lowest BCUT2D eigenvalue weighted by Crippen LogP contribution is -2.37. The second-order valence-electron chi connectivity index (χ2n) is 8.52. The number of benzene rings is 1. The van der Waals surface area contributed by atoms with Crippen molar-refractivity contribution < 1.29 is 17.2 Å². The van der Waals surface area contributed by atoms with Gasteiger partial charge in [0.15, 0.2) is 0 Å². The van der Waals surface area contributed by atoms with Crippen LogP contribution in [0.25, 0.3) is 22.3 Å². The number of nitriles is 1. The maximum absolute atomic E-state index is 12.8. The lowest BCUT2D eigenvalue weighted by molar-refractivity contribution is 0.334. The van der Waals surface area contributed by atoms with Gasteiger partial charge in [0.2, 0.25) is 10.0 Å². The highest BCUT2D eigenvalue weighted by molar-refractivity contribution is 7.89. The number of halogens is 2. The molecule has 1 aliphatic carbocycles. The molecule has 0 spiro atoms. The molecule has 0 bridgehead atoms. The van der Waals surface area contributed by atoms with Crippen LogP contribution in [0.15, 0.2) is 41.4 Å². The van der Waals surface area contributed by atoms with Gasteiger partial charge < -0.3 is 4.57 Å². The van der Waals surface area contributed by atoms with Crippen molar-refractivity contribution in [2.24, 2.45) is 0 Å². The van der Waals surface area contributed by atoms with Crippen LogP contribution in [0.4, 0.5) is 8.78 Å². The molecule has 4 rings (SSSR count). The number of fused-ring (bicyclic) bond motifs is 1. The van der Waals surface area contributed by atoms with Crippen LogP contribution in [0, 0.1) is 18.3 Å². The highest BCUT2D eigenvalue weighted by Crippen LogP contribution is 2.40. The molecule has 33 heavy (non-hydrogen) atoms. The van der Waals surface area contributed by atoms with Gasteiger partial charge in [-0.3, -0.25) is 4.98 Å². The first kappa shape index (κ1) is 23.3. The zero-order chi connectivity index (χ0) is 23.6. The fourth-order valence-electron chi connectivity index (χ4n) is 4.58. The molecule has 0 saturated heterocycles. The Labute approximate surface area is 192 Å². The van der Waals surface area contributed by atoms with Crippen molar-refractivity contribution in [3.63, 3.8) is 0 Å². The molecule has 1 saturated carbocycles. The molecule has 1 fully saturated rings. The van der Waals surface area contributed by atoms with Crippen molar-refractivity contribution in [3.05, 3.63) is 47.7 Å². The summed E-state index contributed by atoms with van der Waals surface area (Å²) in [7, 11) is -4.12. The van der Waals surface area contributed by atoms with Crippen molar-refractivity contribution in [2.45, 2.75) is 56.0 Å². The Morgan fingerprint density at radius 3 is 2.52 bits per heavy atom. The summed E-state index contributed by atoms with van der Waals surface area (Å²) in [4.78, 5) is 4.19. The summed E-state index contributed by atoms with van der Waals surface area (Å²) < 4.78 is 54.8. The van der Waals surface area contributed by atoms with E-state index in [-0.39, 0.29) is 10.9 Å². The average molecular weight is 473 g/mol. The number of sulfonamides is 1. The van der Waals surface area contributed by atoms with E-state index >= 15 is 0 Å². The van der Waals surface area contributed by atoms with Gasteiger partial charge in [-0.25, -0.2) is 21.9 Å². The third kappa shape index (κ3) is 4.50. The smallest absolute Gasteiger partial charge is 0.242 e. The van der Waals surface area contributed by atoms with Crippen LogP contribution in [0.3, 0.4) is 0 Å². The summed E-state index contributed by atoms with van der Waals surface area (Å²) in [5.74, 6) is 0. The van der Waals surface area contributed by atoms with E-state index in [2.05, 4.69) is 21.7 Å². The van der Waals surface area contributed by atoms with E-state index in [9.17, 15) is 22.5 Å². The minimum atomic E-state index is -4.12. The van der Waals surface area contributed by atoms with Crippen molar-refractivity contribution >= 4 is 20.9 Å². The van der Waals surface area contributed by atoms with Crippen LogP contribution in [0.5, 0.6) is 0 Å². The molecule has 0 amide bonds. The number of aryl methyl sites for hydroxylation is 1. The van der Waals surface area contributed by atoms with Crippen LogP contribution in [0.2, 0.25) is 0 Å². The van der Waals surface area contributed by atoms with Gasteiger partial charge in [-0.15, -0.1) is 0 Å². The Morgan fingerprint density at radius 2 is 1.91 bits per heavy atom. The van der Waals surface area contributed by atoms with Crippen LogP contribution in [-0.4, -0.2) is 37.4 Å². The predicted molar refractivity (Wildman–Crippen MR) is 123 cm³/mol. The molecule has 0 unspecified atom stereocenters. The first-order valence-electron chi connectivity index (χ1n) is 11.0. The van der Waals surface area contributed by atoms with Gasteiger partial charge in [-0.2, -0.15) is 5.26 Å². The highest BCUT2D eigenvalue weighted by Gasteiger charge is 2.27. The number of rotatable bonds is 7. The molecule has 2 aromatic heterocycles. The molecule has 174 valence electrons. The van der Waals surface area contributed by atoms with E-state index in [4.69, 9.17) is 0 Å². The number of aromatic nitrogens is 2. The number of hydrogen-bond acceptors (Lipinski definition) is 4. The second kappa shape index (κ2) is 9.57. The van der Waals surface area contributed by atoms with E-state index in [1.165, 1.54) is 18.7 Å². The number of hydrogen-bond donors (Lipinski definition) is 1. The Morgan fingerprint density at radius 1 is 1.18 bits per heavy atom. The molecule has 0 radical (unpaired) electrons. The molecular formula is C24H26F2N4O2S. The summed E-state index contributed by atoms with van der Waals surface area (Å²) in [6, 6.07) is 10.0. The van der Waals surface area contributed by atoms with Crippen LogP contribution in [0.1, 0.15) is 49.3 Å². The lowest BCUT2D eigenvalue weighted by atomic mass is 9.95. The number of alkyl halides is 2. The SMILES string of the molecule is Cc1ccc2c(C#N)c(-c3ccc(S(=O)(=O)NC(CF)CF)cn3)n(C3CCCCC3)c2c1. The summed E-state index contributed by atoms with van der Waals surface area (Å²) in [6.07, 6.45) is 6.57. The third-order valence-corrected chi connectivity index (χ3v) is 7.70. The standard InChI is InChI=1S/C24H26F2N4O2S/c1-16-7-9-20-21(14-27)24(30(23(20)11-16)18-5-3-2-4-6-18)22-10-8-19(15-28-22)33(31,32)29-17(12-25)13-26/h7-11,15,17-18,29H,2-6,12-13H2,1H3. The lowest BCUT2D eigenvalue weighted by Gasteiger charge is -2.26. The molecule has 2 heterocycles. The van der Waals surface area contributed by atoms with E-state index in [1.54, 1.807) is 6.07 Å². The fraction of sp³-hybridized carbons (Fsp3) is 0.417. The summed E-state index contributed by atoms with van der Waals surface area (Å²) in [5, 5.41) is 10.9. The number of nitrogens with zero attached hydrogens (tertiary/aromatic N) is 3. The van der Waals surface area contributed by atoms with E-state index in [1.807, 2.05) is 23.8 Å². The molecule has 1 aliphatic rings. The maximum atomic E-state index is 12.8. The molecule has 3 aromatic rings. The molecule has 9 heteroatoms. The Balaban J connectivity index is 1.83. The van der Waals surface area contributed by atoms with Crippen LogP contribution in [-0.2, 0) is 10.0 Å². The minimum absolute atomic E-state index is 0.187. The van der Waals surface area contributed by atoms with Crippen molar-refractivity contribution in [2.75, 3.05) is 13.3 Å². The zero-order valence-corrected chi connectivity index (χ0v) is 19.2. The van der Waals surface area contributed by atoms with E-state index in [0.717, 1.165) is 42.1 Å². The average Bonchev–Trinajstić information content (AvgIpc) is 3.16. The topological polar surface area (TPSA) is 87.8 Å². The molecule has 6 nitrogen and oxygen atoms in total. The maximum Gasteiger partial charge on any atom is 0.242 e. The highest BCUT2D eigenvalue weighted by atomic mass is 32.2. The quantitative estimate of drug-likeness (QED) is 0.526. The van der Waals surface area contributed by atoms with Crippen molar-refractivity contribution in [3.8, 4) is 17.5 Å². The van der Waals surface area contributed by atoms with Crippen molar-refractivity contribution in [1.29, 1.82) is 5.26 Å². The summed E-state index contributed by atoms with van der Waals surface area (Å²) in [6.45, 7) is -0.280. The van der Waals surface area contributed by atoms with Crippen LogP contribution >= 0.6 is 0 Å². The van der Waals surface area contributed by atoms with Gasteiger partial charge in [0.25, 0.3) is 0 Å². The molecule has 0 atom stereocenters. The second-order valence-corrected chi connectivity index (χ2v) is 10.2. The number of pyridine rings is 1. The first-order chi connectivity index (χ1) is 15.9. The summed E-state index contributed by atoms with van der Waals surface area (Å²) >= 11 is 0. The third-order valence-electron chi connectivity index (χ3n) is 6.20. The van der Waals surface area contributed by atoms with Crippen molar-refractivity contribution in [1.82, 2.24) is 14.3 Å². The number of nitrogens with one attached hydrogen (secondary N) is 1. The largest absolute Gasteiger partial charge is 0.335 e. The van der Waals surface area contributed by atoms with Gasteiger partial charge in [0.05, 0.1) is 28.5 Å². The van der Waals surface area contributed by atoms with Gasteiger partial charge in [0, 0.05) is 17.6 Å². The minimum Gasteiger partial charge on any atom is -0.335 e. The normalized spacial score (nSPS) is 15.2. The van der Waals surface area contributed by atoms with Gasteiger partial charge in [-0.05, 0) is 43.5 Å². The molecule has 1 aromatic carbocycles. The first-order valence-corrected chi connectivity index (χ1v) is 12.5. The summed E-state index contributed by atoms with van der Waals surface area (Å²) in [5.41, 5.74) is 3.72. The van der Waals surface area contributed by atoms with Crippen LogP contribution < -0.4 is 4.72 Å². The van der Waals surface area contributed by atoms with Gasteiger partial charge >= 0.3 is 0 Å². The fourth-order valence-corrected chi connectivity index (χ4v) is 5.71. The predicted octanol–water partition coefficient (Wildman–Crippen LogP) is 4.97. The zero-order valence-electron chi connectivity index (χ0n) is 18.4.